The van der Waals surface area contributed by atoms with Gasteiger partial charge in [-0.25, -0.2) is 4.68 Å². The topological polar surface area (TPSA) is 52.0 Å². The first kappa shape index (κ1) is 16.1. The molecule has 1 rings (SSSR count). The zero-order valence-corrected chi connectivity index (χ0v) is 12.9. The molecule has 110 valence electrons. The standard InChI is InChI=1S/C14H28N4O/c1-11(2)8-15-9-14-10-18(17-16-14)6-7-19-13(5)12(3)4/h10-13,15H,6-9H2,1-5H3. The summed E-state index contributed by atoms with van der Waals surface area (Å²) in [5.74, 6) is 1.20. The molecule has 0 aliphatic heterocycles. The fourth-order valence-corrected chi connectivity index (χ4v) is 1.54. The van der Waals surface area contributed by atoms with Crippen LogP contribution in [0.15, 0.2) is 6.20 Å². The average Bonchev–Trinajstić information content (AvgIpc) is 2.76. The molecule has 19 heavy (non-hydrogen) atoms. The third-order valence-electron chi connectivity index (χ3n) is 3.08. The minimum Gasteiger partial charge on any atom is -0.376 e. The molecule has 1 aromatic rings. The lowest BCUT2D eigenvalue weighted by Crippen LogP contribution is -2.19. The predicted octanol–water partition coefficient (Wildman–Crippen LogP) is 2.08. The summed E-state index contributed by atoms with van der Waals surface area (Å²) < 4.78 is 7.57. The largest absolute Gasteiger partial charge is 0.376 e. The zero-order chi connectivity index (χ0) is 14.3. The van der Waals surface area contributed by atoms with Gasteiger partial charge in [0.15, 0.2) is 0 Å². The summed E-state index contributed by atoms with van der Waals surface area (Å²) >= 11 is 0. The lowest BCUT2D eigenvalue weighted by atomic mass is 10.1. The van der Waals surface area contributed by atoms with Gasteiger partial charge < -0.3 is 10.1 Å². The van der Waals surface area contributed by atoms with Crippen molar-refractivity contribution in [3.8, 4) is 0 Å². The highest BCUT2D eigenvalue weighted by molar-refractivity contribution is 4.91. The van der Waals surface area contributed by atoms with E-state index >= 15 is 0 Å². The first-order valence-corrected chi connectivity index (χ1v) is 7.20. The minimum absolute atomic E-state index is 0.288. The summed E-state index contributed by atoms with van der Waals surface area (Å²) in [7, 11) is 0. The van der Waals surface area contributed by atoms with Gasteiger partial charge in [0.1, 0.15) is 0 Å². The summed E-state index contributed by atoms with van der Waals surface area (Å²) in [5.41, 5.74) is 0.984. The van der Waals surface area contributed by atoms with Crippen LogP contribution in [0, 0.1) is 11.8 Å². The van der Waals surface area contributed by atoms with E-state index in [9.17, 15) is 0 Å². The quantitative estimate of drug-likeness (QED) is 0.745. The highest BCUT2D eigenvalue weighted by atomic mass is 16.5. The highest BCUT2D eigenvalue weighted by Crippen LogP contribution is 2.05. The first-order valence-electron chi connectivity index (χ1n) is 7.20. The molecule has 0 bridgehead atoms. The van der Waals surface area contributed by atoms with E-state index in [1.165, 1.54) is 0 Å². The smallest absolute Gasteiger partial charge is 0.0964 e. The lowest BCUT2D eigenvalue weighted by molar-refractivity contribution is 0.0293. The van der Waals surface area contributed by atoms with Gasteiger partial charge in [-0.1, -0.05) is 32.9 Å². The minimum atomic E-state index is 0.288. The summed E-state index contributed by atoms with van der Waals surface area (Å²) in [6.45, 7) is 14.0. The molecule has 0 spiro atoms. The predicted molar refractivity (Wildman–Crippen MR) is 76.8 cm³/mol. The van der Waals surface area contributed by atoms with Crippen LogP contribution in [-0.2, 0) is 17.8 Å². The van der Waals surface area contributed by atoms with E-state index in [1.807, 2.05) is 10.9 Å². The number of hydrogen-bond donors (Lipinski definition) is 1. The van der Waals surface area contributed by atoms with E-state index in [2.05, 4.69) is 50.2 Å². The summed E-state index contributed by atoms with van der Waals surface area (Å²) in [6.07, 6.45) is 2.27. The van der Waals surface area contributed by atoms with Crippen molar-refractivity contribution in [1.29, 1.82) is 0 Å². The number of aromatic nitrogens is 3. The first-order chi connectivity index (χ1) is 8.99. The van der Waals surface area contributed by atoms with Crippen molar-refractivity contribution in [2.75, 3.05) is 13.2 Å². The van der Waals surface area contributed by atoms with Crippen molar-refractivity contribution in [3.63, 3.8) is 0 Å². The van der Waals surface area contributed by atoms with Crippen LogP contribution in [0.3, 0.4) is 0 Å². The average molecular weight is 268 g/mol. The van der Waals surface area contributed by atoms with Crippen LogP contribution >= 0.6 is 0 Å². The second-order valence-electron chi connectivity index (χ2n) is 5.82. The SMILES string of the molecule is CC(C)CNCc1cn(CCOC(C)C(C)C)nn1. The van der Waals surface area contributed by atoms with Gasteiger partial charge in [-0.2, -0.15) is 0 Å². The van der Waals surface area contributed by atoms with Crippen molar-refractivity contribution >= 4 is 0 Å². The van der Waals surface area contributed by atoms with Gasteiger partial charge in [0, 0.05) is 12.7 Å². The number of hydrogen-bond acceptors (Lipinski definition) is 4. The molecule has 1 heterocycles. The molecule has 0 radical (unpaired) electrons. The molecule has 0 saturated carbocycles. The monoisotopic (exact) mass is 268 g/mol. The number of nitrogens with one attached hydrogen (secondary N) is 1. The van der Waals surface area contributed by atoms with E-state index in [4.69, 9.17) is 4.74 Å². The normalized spacial score (nSPS) is 13.4. The molecule has 1 N–H and O–H groups in total. The Hall–Kier alpha value is -0.940. The van der Waals surface area contributed by atoms with Crippen LogP contribution in [0.1, 0.15) is 40.3 Å². The fraction of sp³-hybridized carbons (Fsp3) is 0.857. The second-order valence-corrected chi connectivity index (χ2v) is 5.82. The summed E-state index contributed by atoms with van der Waals surface area (Å²) in [6, 6.07) is 0. The Bertz CT molecular complexity index is 349. The molecule has 0 aliphatic rings. The fourth-order valence-electron chi connectivity index (χ4n) is 1.54. The van der Waals surface area contributed by atoms with Crippen LogP contribution < -0.4 is 5.32 Å². The third-order valence-corrected chi connectivity index (χ3v) is 3.08. The van der Waals surface area contributed by atoms with E-state index in [1.54, 1.807) is 0 Å². The van der Waals surface area contributed by atoms with Gasteiger partial charge in [0.05, 0.1) is 24.9 Å². The molecule has 1 unspecified atom stereocenters. The van der Waals surface area contributed by atoms with Crippen molar-refractivity contribution in [2.45, 2.75) is 53.8 Å². The Labute approximate surface area is 116 Å². The summed E-state index contributed by atoms with van der Waals surface area (Å²) in [5, 5.41) is 11.6. The molecule has 5 nitrogen and oxygen atoms in total. The Kier molecular flexibility index (Phi) is 7.02. The second kappa shape index (κ2) is 8.27. The Morgan fingerprint density at radius 2 is 2.00 bits per heavy atom. The van der Waals surface area contributed by atoms with Crippen LogP contribution in [-0.4, -0.2) is 34.2 Å². The van der Waals surface area contributed by atoms with E-state index in [0.29, 0.717) is 18.4 Å². The molecular formula is C14H28N4O. The van der Waals surface area contributed by atoms with Gasteiger partial charge in [-0.15, -0.1) is 5.10 Å². The number of rotatable bonds is 9. The Balaban J connectivity index is 2.23. The van der Waals surface area contributed by atoms with Crippen LogP contribution in [0.4, 0.5) is 0 Å². The molecule has 1 aromatic heterocycles. The van der Waals surface area contributed by atoms with Crippen molar-refractivity contribution < 1.29 is 4.74 Å². The van der Waals surface area contributed by atoms with Crippen LogP contribution in [0.2, 0.25) is 0 Å². The number of nitrogens with zero attached hydrogens (tertiary/aromatic N) is 3. The molecule has 0 saturated heterocycles. The highest BCUT2D eigenvalue weighted by Gasteiger charge is 2.07. The summed E-state index contributed by atoms with van der Waals surface area (Å²) in [4.78, 5) is 0. The molecule has 1 atom stereocenters. The van der Waals surface area contributed by atoms with Gasteiger partial charge in [0.2, 0.25) is 0 Å². The van der Waals surface area contributed by atoms with Gasteiger partial charge >= 0.3 is 0 Å². The van der Waals surface area contributed by atoms with Crippen LogP contribution in [0.25, 0.3) is 0 Å². The zero-order valence-electron chi connectivity index (χ0n) is 12.9. The molecule has 0 aromatic carbocycles. The van der Waals surface area contributed by atoms with E-state index in [0.717, 1.165) is 25.3 Å². The lowest BCUT2D eigenvalue weighted by Gasteiger charge is -2.16. The van der Waals surface area contributed by atoms with Crippen molar-refractivity contribution in [2.24, 2.45) is 11.8 Å². The maximum atomic E-state index is 5.72. The van der Waals surface area contributed by atoms with Crippen molar-refractivity contribution in [1.82, 2.24) is 20.3 Å². The number of ether oxygens (including phenoxy) is 1. The third kappa shape index (κ3) is 6.68. The molecule has 5 heteroatoms. The van der Waals surface area contributed by atoms with Gasteiger partial charge in [0.25, 0.3) is 0 Å². The van der Waals surface area contributed by atoms with Crippen molar-refractivity contribution in [3.05, 3.63) is 11.9 Å². The molecule has 0 amide bonds. The molecule has 0 aliphatic carbocycles. The Morgan fingerprint density at radius 1 is 1.26 bits per heavy atom. The molecule has 0 fully saturated rings. The Morgan fingerprint density at radius 3 is 2.63 bits per heavy atom. The van der Waals surface area contributed by atoms with Gasteiger partial charge in [-0.3, -0.25) is 0 Å². The molecular weight excluding hydrogens is 240 g/mol. The van der Waals surface area contributed by atoms with E-state index < -0.39 is 0 Å². The maximum Gasteiger partial charge on any atom is 0.0964 e. The van der Waals surface area contributed by atoms with Crippen LogP contribution in [0.5, 0.6) is 0 Å². The van der Waals surface area contributed by atoms with Gasteiger partial charge in [-0.05, 0) is 25.3 Å². The van der Waals surface area contributed by atoms with E-state index in [-0.39, 0.29) is 6.10 Å². The maximum absolute atomic E-state index is 5.72.